The fourth-order valence-electron chi connectivity index (χ4n) is 5.08. The highest BCUT2D eigenvalue weighted by Crippen LogP contribution is 2.34. The van der Waals surface area contributed by atoms with Gasteiger partial charge in [0.2, 0.25) is 5.91 Å². The minimum Gasteiger partial charge on any atom is -0.505 e. The summed E-state index contributed by atoms with van der Waals surface area (Å²) in [6.45, 7) is 4.88. The molecule has 2 aromatic carbocycles. The highest BCUT2D eigenvalue weighted by molar-refractivity contribution is 5.94. The van der Waals surface area contributed by atoms with E-state index in [0.29, 0.717) is 57.2 Å². The second-order valence-corrected chi connectivity index (χ2v) is 9.23. The van der Waals surface area contributed by atoms with E-state index in [-0.39, 0.29) is 17.7 Å². The zero-order chi connectivity index (χ0) is 24.8. The Hall–Kier alpha value is -3.76. The number of morpholine rings is 1. The molecule has 186 valence electrons. The Morgan fingerprint density at radius 3 is 2.89 bits per heavy atom. The summed E-state index contributed by atoms with van der Waals surface area (Å²) in [6.07, 6.45) is 1.18. The lowest BCUT2D eigenvalue weighted by Crippen LogP contribution is -2.52. The van der Waals surface area contributed by atoms with Crippen molar-refractivity contribution in [2.45, 2.75) is 32.4 Å². The molecular weight excluding hydrogens is 463 g/mol. The van der Waals surface area contributed by atoms with Crippen molar-refractivity contribution in [2.75, 3.05) is 26.3 Å². The van der Waals surface area contributed by atoms with Crippen molar-refractivity contribution >= 4 is 16.8 Å². The number of ether oxygens (including phenoxy) is 1. The SMILES string of the molecule is CCc1cc(O)c(F)cc1-c1ccc2c(-c3nc4c([nH]3)CNC(C(=O)N3CCOCC3)C4)n[nH]c2c1. The normalized spacial score (nSPS) is 17.9. The maximum absolute atomic E-state index is 14.1. The highest BCUT2D eigenvalue weighted by atomic mass is 19.1. The topological polar surface area (TPSA) is 119 Å². The fraction of sp³-hybridized carbons (Fsp3) is 0.346. The number of H-pyrrole nitrogens is 2. The van der Waals surface area contributed by atoms with E-state index >= 15 is 0 Å². The van der Waals surface area contributed by atoms with Gasteiger partial charge in [-0.2, -0.15) is 5.10 Å². The van der Waals surface area contributed by atoms with Crippen LogP contribution >= 0.6 is 0 Å². The summed E-state index contributed by atoms with van der Waals surface area (Å²) in [5.41, 5.74) is 5.74. The van der Waals surface area contributed by atoms with Crippen molar-refractivity contribution in [1.29, 1.82) is 0 Å². The van der Waals surface area contributed by atoms with Gasteiger partial charge in [0.1, 0.15) is 5.69 Å². The van der Waals surface area contributed by atoms with Gasteiger partial charge in [-0.3, -0.25) is 15.2 Å². The molecule has 0 aliphatic carbocycles. The predicted molar refractivity (Wildman–Crippen MR) is 132 cm³/mol. The van der Waals surface area contributed by atoms with Gasteiger partial charge in [-0.25, -0.2) is 9.37 Å². The first-order valence-corrected chi connectivity index (χ1v) is 12.2. The van der Waals surface area contributed by atoms with Gasteiger partial charge >= 0.3 is 0 Å². The Morgan fingerprint density at radius 2 is 2.08 bits per heavy atom. The lowest BCUT2D eigenvalue weighted by atomic mass is 9.96. The number of aryl methyl sites for hydroxylation is 1. The van der Waals surface area contributed by atoms with Crippen LogP contribution in [0.2, 0.25) is 0 Å². The molecule has 0 spiro atoms. The van der Waals surface area contributed by atoms with Gasteiger partial charge in [-0.15, -0.1) is 0 Å². The van der Waals surface area contributed by atoms with E-state index in [1.54, 1.807) is 0 Å². The molecule has 2 aliphatic rings. The molecule has 1 amide bonds. The smallest absolute Gasteiger partial charge is 0.240 e. The van der Waals surface area contributed by atoms with Gasteiger partial charge in [0.25, 0.3) is 0 Å². The van der Waals surface area contributed by atoms with Gasteiger partial charge in [-0.05, 0) is 47.4 Å². The third kappa shape index (κ3) is 3.92. The molecule has 1 unspecified atom stereocenters. The van der Waals surface area contributed by atoms with Gasteiger partial charge in [-0.1, -0.05) is 13.0 Å². The Bertz CT molecular complexity index is 1460. The van der Waals surface area contributed by atoms with Crippen molar-refractivity contribution in [3.8, 4) is 28.4 Å². The van der Waals surface area contributed by atoms with Crippen LogP contribution < -0.4 is 5.32 Å². The van der Waals surface area contributed by atoms with E-state index in [2.05, 4.69) is 20.5 Å². The summed E-state index contributed by atoms with van der Waals surface area (Å²) in [6, 6.07) is 8.34. The van der Waals surface area contributed by atoms with Crippen LogP contribution in [-0.4, -0.2) is 68.4 Å². The molecule has 0 radical (unpaired) electrons. The number of aromatic amines is 2. The largest absolute Gasteiger partial charge is 0.505 e. The summed E-state index contributed by atoms with van der Waals surface area (Å²) in [4.78, 5) is 22.9. The fourth-order valence-corrected chi connectivity index (χ4v) is 5.08. The molecule has 36 heavy (non-hydrogen) atoms. The monoisotopic (exact) mass is 490 g/mol. The molecule has 1 fully saturated rings. The number of aromatic hydroxyl groups is 1. The molecule has 4 N–H and O–H groups in total. The molecule has 0 bridgehead atoms. The van der Waals surface area contributed by atoms with E-state index in [9.17, 15) is 14.3 Å². The van der Waals surface area contributed by atoms with Crippen LogP contribution in [0.25, 0.3) is 33.5 Å². The maximum atomic E-state index is 14.1. The summed E-state index contributed by atoms with van der Waals surface area (Å²) in [5, 5.41) is 21.5. The molecule has 6 rings (SSSR count). The van der Waals surface area contributed by atoms with E-state index in [0.717, 1.165) is 39.0 Å². The molecule has 4 heterocycles. The van der Waals surface area contributed by atoms with Crippen LogP contribution in [0.3, 0.4) is 0 Å². The van der Waals surface area contributed by atoms with E-state index in [4.69, 9.17) is 9.72 Å². The van der Waals surface area contributed by atoms with Crippen LogP contribution in [0.15, 0.2) is 30.3 Å². The Kier molecular flexibility index (Phi) is 5.69. The van der Waals surface area contributed by atoms with Crippen molar-refractivity contribution < 1.29 is 19.0 Å². The molecule has 9 nitrogen and oxygen atoms in total. The quantitative estimate of drug-likeness (QED) is 0.349. The number of amides is 1. The van der Waals surface area contributed by atoms with E-state index < -0.39 is 5.82 Å². The van der Waals surface area contributed by atoms with Crippen molar-refractivity contribution in [2.24, 2.45) is 0 Å². The average molecular weight is 491 g/mol. The van der Waals surface area contributed by atoms with Crippen LogP contribution in [0.1, 0.15) is 23.9 Å². The minimum absolute atomic E-state index is 0.0864. The van der Waals surface area contributed by atoms with Crippen molar-refractivity contribution in [3.63, 3.8) is 0 Å². The first-order chi connectivity index (χ1) is 17.5. The Labute approximate surface area is 206 Å². The Morgan fingerprint density at radius 1 is 1.25 bits per heavy atom. The number of hydrogen-bond donors (Lipinski definition) is 4. The van der Waals surface area contributed by atoms with Crippen LogP contribution in [-0.2, 0) is 28.9 Å². The lowest BCUT2D eigenvalue weighted by molar-refractivity contribution is -0.137. The number of nitrogens with zero attached hydrogens (tertiary/aromatic N) is 3. The van der Waals surface area contributed by atoms with Crippen molar-refractivity contribution in [1.82, 2.24) is 30.4 Å². The number of nitrogens with one attached hydrogen (secondary N) is 3. The molecule has 10 heteroatoms. The van der Waals surface area contributed by atoms with Crippen LogP contribution in [0.4, 0.5) is 4.39 Å². The number of fused-ring (bicyclic) bond motifs is 2. The Balaban J connectivity index is 1.28. The molecule has 2 aromatic heterocycles. The van der Waals surface area contributed by atoms with Gasteiger partial charge < -0.3 is 19.7 Å². The lowest BCUT2D eigenvalue weighted by Gasteiger charge is -2.32. The second-order valence-electron chi connectivity index (χ2n) is 9.23. The van der Waals surface area contributed by atoms with E-state index in [1.807, 2.05) is 30.0 Å². The van der Waals surface area contributed by atoms with Crippen molar-refractivity contribution in [3.05, 3.63) is 53.1 Å². The van der Waals surface area contributed by atoms with Gasteiger partial charge in [0.15, 0.2) is 17.4 Å². The standard InChI is InChI=1S/C26H27FN6O3/c1-2-14-10-23(34)18(27)11-17(14)15-3-4-16-19(9-15)31-32-24(16)25-29-20-12-21(28-13-22(20)30-25)26(35)33-5-7-36-8-6-33/h3-4,9-11,21,28,34H,2,5-8,12-13H2,1H3,(H,29,30)(H,31,32). The maximum Gasteiger partial charge on any atom is 0.240 e. The molecule has 2 aliphatic heterocycles. The number of imidazole rings is 1. The summed E-state index contributed by atoms with van der Waals surface area (Å²) in [5.74, 6) is -0.257. The van der Waals surface area contributed by atoms with Gasteiger partial charge in [0.05, 0.1) is 36.2 Å². The number of halogens is 1. The molecular formula is C26H27FN6O3. The van der Waals surface area contributed by atoms with Crippen LogP contribution in [0.5, 0.6) is 5.75 Å². The number of phenols is 1. The molecule has 1 atom stereocenters. The number of aromatic nitrogens is 4. The number of hydrogen-bond acceptors (Lipinski definition) is 6. The number of carbonyl (C=O) groups excluding carboxylic acids is 1. The molecule has 1 saturated heterocycles. The van der Waals surface area contributed by atoms with E-state index in [1.165, 1.54) is 12.1 Å². The third-order valence-corrected chi connectivity index (χ3v) is 7.06. The number of carbonyl (C=O) groups is 1. The van der Waals surface area contributed by atoms with Crippen LogP contribution in [0, 0.1) is 5.82 Å². The molecule has 0 saturated carbocycles. The number of rotatable bonds is 4. The van der Waals surface area contributed by atoms with Gasteiger partial charge in [0, 0.05) is 31.4 Å². The molecule has 4 aromatic rings. The zero-order valence-electron chi connectivity index (χ0n) is 19.9. The number of benzene rings is 2. The predicted octanol–water partition coefficient (Wildman–Crippen LogP) is 2.90. The number of phenolic OH excluding ortho intramolecular Hbond substituents is 1. The average Bonchev–Trinajstić information content (AvgIpc) is 3.53. The summed E-state index contributed by atoms with van der Waals surface area (Å²) in [7, 11) is 0. The summed E-state index contributed by atoms with van der Waals surface area (Å²) < 4.78 is 19.5. The zero-order valence-corrected chi connectivity index (χ0v) is 19.9. The minimum atomic E-state index is -0.646. The highest BCUT2D eigenvalue weighted by Gasteiger charge is 2.31. The first-order valence-electron chi connectivity index (χ1n) is 12.2. The first kappa shape index (κ1) is 22.7. The second kappa shape index (κ2) is 9.03. The summed E-state index contributed by atoms with van der Waals surface area (Å²) >= 11 is 0. The third-order valence-electron chi connectivity index (χ3n) is 7.06.